The summed E-state index contributed by atoms with van der Waals surface area (Å²) in [5, 5.41) is 4.64. The predicted molar refractivity (Wildman–Crippen MR) is 102 cm³/mol. The van der Waals surface area contributed by atoms with Gasteiger partial charge in [0, 0.05) is 0 Å². The van der Waals surface area contributed by atoms with E-state index < -0.39 is 0 Å². The van der Waals surface area contributed by atoms with Crippen molar-refractivity contribution in [2.75, 3.05) is 0 Å². The van der Waals surface area contributed by atoms with Crippen LogP contribution in [0.1, 0.15) is 21.8 Å². The zero-order valence-electron chi connectivity index (χ0n) is 14.1. The second-order valence-electron chi connectivity index (χ2n) is 6.34. The number of fused-ring (bicyclic) bond motifs is 2. The third kappa shape index (κ3) is 3.42. The molecule has 0 saturated heterocycles. The average molecular weight is 431 g/mol. The zero-order chi connectivity index (χ0) is 15.9. The molecule has 0 radical (unpaired) electrons. The van der Waals surface area contributed by atoms with E-state index in [2.05, 4.69) is 84.7 Å². The summed E-state index contributed by atoms with van der Waals surface area (Å²) in [5.74, 6) is 2.47. The van der Waals surface area contributed by atoms with Crippen LogP contribution in [0.15, 0.2) is 82.5 Å². The van der Waals surface area contributed by atoms with Crippen LogP contribution in [-0.2, 0) is 19.2 Å². The maximum atomic E-state index is 2.50. The van der Waals surface area contributed by atoms with Crippen LogP contribution in [0.5, 0.6) is 0 Å². The third-order valence-electron chi connectivity index (χ3n) is 4.88. The second-order valence-corrected chi connectivity index (χ2v) is 10.7. The van der Waals surface area contributed by atoms with Crippen LogP contribution < -0.4 is 24.8 Å². The van der Waals surface area contributed by atoms with Gasteiger partial charge in [-0.3, -0.25) is 0 Å². The van der Waals surface area contributed by atoms with Gasteiger partial charge in [-0.25, -0.2) is 0 Å². The first kappa shape index (κ1) is 19.7. The van der Waals surface area contributed by atoms with E-state index in [1.165, 1.54) is 17.4 Å². The second kappa shape index (κ2) is 8.34. The molecule has 5 rings (SSSR count). The van der Waals surface area contributed by atoms with E-state index in [9.17, 15) is 0 Å². The van der Waals surface area contributed by atoms with Crippen LogP contribution in [0, 0.1) is 0 Å². The topological polar surface area (TPSA) is 0 Å². The Bertz CT molecular complexity index is 1030. The van der Waals surface area contributed by atoms with Gasteiger partial charge in [-0.15, -0.1) is 0 Å². The fourth-order valence-corrected chi connectivity index (χ4v) is 9.18. The third-order valence-corrected chi connectivity index (χ3v) is 10.2. The minimum atomic E-state index is -0.304. The van der Waals surface area contributed by atoms with E-state index >= 15 is 0 Å². The van der Waals surface area contributed by atoms with E-state index in [0.29, 0.717) is 4.22 Å². The van der Waals surface area contributed by atoms with Gasteiger partial charge < -0.3 is 24.8 Å². The molecule has 0 fully saturated rings. The largest absolute Gasteiger partial charge is 1.00 e. The summed E-state index contributed by atoms with van der Waals surface area (Å²) in [6, 6.07) is 20.3. The van der Waals surface area contributed by atoms with Gasteiger partial charge in [0.2, 0.25) is 0 Å². The molecule has 2 aromatic carbocycles. The minimum absolute atomic E-state index is 0. The summed E-state index contributed by atoms with van der Waals surface area (Å²) < 4.78 is 2.35. The molecule has 1 heterocycles. The molecule has 128 valence electrons. The Morgan fingerprint density at radius 2 is 1.73 bits per heavy atom. The predicted octanol–water partition coefficient (Wildman–Crippen LogP) is 0.814. The molecule has 0 spiro atoms. The monoisotopic (exact) mass is 430 g/mol. The number of hydrogen-bond donors (Lipinski definition) is 0. The minimum Gasteiger partial charge on any atom is -1.00 e. The quantitative estimate of drug-likeness (QED) is 0.539. The molecule has 26 heavy (non-hydrogen) atoms. The Balaban J connectivity index is 0.000000980. The van der Waals surface area contributed by atoms with Crippen LogP contribution >= 0.6 is 7.53 Å². The number of rotatable bonds is 3. The van der Waals surface area contributed by atoms with E-state index in [0.717, 1.165) is 0 Å². The van der Waals surface area contributed by atoms with Gasteiger partial charge in [0.25, 0.3) is 0 Å². The number of allylic oxidation sites excluding steroid dienone is 5. The first-order chi connectivity index (χ1) is 11.9. The SMILES string of the molecule is C1=CC[C]([Ti+2][CH]2C(p3ccc4ccccc43)=Cc3ccccc32)=C1.[Cl-].[Cl-]. The summed E-state index contributed by atoms with van der Waals surface area (Å²) in [6.45, 7) is 0. The Labute approximate surface area is 176 Å². The van der Waals surface area contributed by atoms with Gasteiger partial charge >= 0.3 is 153 Å². The molecular formula is C22H17Cl2PTi. The molecule has 0 bridgehead atoms. The number of halogens is 2. The number of benzene rings is 2. The van der Waals surface area contributed by atoms with Crippen molar-refractivity contribution in [3.8, 4) is 0 Å². The standard InChI is InChI=1S/C17H12P.C5H5.2ClH.Ti/c1-2-7-15-12-16(11-14(15)6-1)18-10-9-13-5-3-4-8-17(13)18;1-2-4-5-3-1;;;/h1-12H;1-3H,4H2;2*1H;/q;;;;+2/p-2. The van der Waals surface area contributed by atoms with Crippen molar-refractivity contribution in [3.05, 3.63) is 93.6 Å². The zero-order valence-corrected chi connectivity index (χ0v) is 18.0. The van der Waals surface area contributed by atoms with Crippen molar-refractivity contribution in [3.63, 3.8) is 0 Å². The van der Waals surface area contributed by atoms with Crippen molar-refractivity contribution >= 4 is 29.4 Å². The molecule has 0 aliphatic heterocycles. The first-order valence-corrected chi connectivity index (χ1v) is 11.5. The van der Waals surface area contributed by atoms with Crippen molar-refractivity contribution < 1.29 is 44.0 Å². The molecule has 1 aromatic heterocycles. The van der Waals surface area contributed by atoms with Crippen LogP contribution in [0.4, 0.5) is 0 Å². The van der Waals surface area contributed by atoms with Gasteiger partial charge in [-0.1, -0.05) is 0 Å². The molecule has 3 aromatic rings. The molecule has 2 aliphatic carbocycles. The van der Waals surface area contributed by atoms with Crippen LogP contribution in [0.2, 0.25) is 0 Å². The Morgan fingerprint density at radius 1 is 0.923 bits per heavy atom. The van der Waals surface area contributed by atoms with Gasteiger partial charge in [0.1, 0.15) is 0 Å². The maximum Gasteiger partial charge on any atom is -1.00 e. The molecule has 2 atom stereocenters. The van der Waals surface area contributed by atoms with Crippen molar-refractivity contribution in [2.24, 2.45) is 0 Å². The molecule has 0 N–H and O–H groups in total. The van der Waals surface area contributed by atoms with Gasteiger partial charge in [-0.05, 0) is 0 Å². The Kier molecular flexibility index (Phi) is 6.34. The van der Waals surface area contributed by atoms with Gasteiger partial charge in [-0.2, -0.15) is 0 Å². The Morgan fingerprint density at radius 3 is 2.58 bits per heavy atom. The molecule has 4 heteroatoms. The summed E-state index contributed by atoms with van der Waals surface area (Å²) >= 11 is -0.166. The maximum absolute atomic E-state index is 2.50. The fraction of sp³-hybridized carbons (Fsp3) is 0.0909. The van der Waals surface area contributed by atoms with Gasteiger partial charge in [0.05, 0.1) is 0 Å². The van der Waals surface area contributed by atoms with E-state index in [-0.39, 0.29) is 51.5 Å². The molecule has 2 aliphatic rings. The van der Waals surface area contributed by atoms with Crippen molar-refractivity contribution in [1.82, 2.24) is 0 Å². The van der Waals surface area contributed by atoms with Gasteiger partial charge in [0.15, 0.2) is 0 Å². The summed E-state index contributed by atoms with van der Waals surface area (Å²) in [7, 11) is -0.304. The van der Waals surface area contributed by atoms with Crippen molar-refractivity contribution in [2.45, 2.75) is 10.6 Å². The summed E-state index contributed by atoms with van der Waals surface area (Å²) in [4.78, 5) is 0. The Hall–Kier alpha value is -1.01. The van der Waals surface area contributed by atoms with E-state index in [4.69, 9.17) is 0 Å². The molecule has 0 nitrogen and oxygen atoms in total. The van der Waals surface area contributed by atoms with E-state index in [1.54, 1.807) is 19.9 Å². The molecular weight excluding hydrogens is 414 g/mol. The number of hydrogen-bond acceptors (Lipinski definition) is 0. The summed E-state index contributed by atoms with van der Waals surface area (Å²) in [6.07, 6.45) is 10.6. The van der Waals surface area contributed by atoms with Crippen LogP contribution in [-0.4, -0.2) is 0 Å². The first-order valence-electron chi connectivity index (χ1n) is 8.39. The average Bonchev–Trinajstić information content (AvgIpc) is 3.34. The normalized spacial score (nSPS) is 17.7. The molecule has 0 amide bonds. The molecule has 0 saturated carbocycles. The van der Waals surface area contributed by atoms with Crippen LogP contribution in [0.3, 0.4) is 0 Å². The molecule has 2 unspecified atom stereocenters. The fourth-order valence-electron chi connectivity index (χ4n) is 3.72. The summed E-state index contributed by atoms with van der Waals surface area (Å²) in [5.41, 5.74) is 3.02. The van der Waals surface area contributed by atoms with Crippen molar-refractivity contribution in [1.29, 1.82) is 0 Å². The smallest absolute Gasteiger partial charge is 1.00 e. The van der Waals surface area contributed by atoms with Crippen LogP contribution in [0.25, 0.3) is 21.9 Å². The van der Waals surface area contributed by atoms with E-state index in [1.807, 2.05) is 0 Å².